The predicted molar refractivity (Wildman–Crippen MR) is 101 cm³/mol. The van der Waals surface area contributed by atoms with Crippen LogP contribution in [0.15, 0.2) is 47.5 Å². The summed E-state index contributed by atoms with van der Waals surface area (Å²) in [5, 5.41) is -0.296. The lowest BCUT2D eigenvalue weighted by Crippen LogP contribution is -2.17. The normalized spacial score (nSPS) is 19.4. The number of benzene rings is 1. The number of hydrogen-bond acceptors (Lipinski definition) is 4. The van der Waals surface area contributed by atoms with E-state index in [1.807, 2.05) is 0 Å². The Balaban J connectivity index is 1.63. The molecule has 0 radical (unpaired) electrons. The fourth-order valence-corrected chi connectivity index (χ4v) is 5.32. The molecule has 2 aromatic rings. The van der Waals surface area contributed by atoms with Gasteiger partial charge in [0.05, 0.1) is 27.5 Å². The molecule has 0 saturated heterocycles. The van der Waals surface area contributed by atoms with Gasteiger partial charge in [-0.1, -0.05) is 25.0 Å². The van der Waals surface area contributed by atoms with Crippen LogP contribution < -0.4 is 0 Å². The van der Waals surface area contributed by atoms with Crippen molar-refractivity contribution in [1.29, 1.82) is 0 Å². The highest BCUT2D eigenvalue weighted by Gasteiger charge is 2.37. The van der Waals surface area contributed by atoms with Crippen molar-refractivity contribution in [2.75, 3.05) is 0 Å². The maximum absolute atomic E-state index is 12.9. The van der Waals surface area contributed by atoms with Crippen LogP contribution in [0.5, 0.6) is 0 Å². The first kappa shape index (κ1) is 20.3. The number of halogens is 3. The zero-order chi connectivity index (χ0) is 20.6. The number of pyridine rings is 1. The fraction of sp³-hybridized carbons (Fsp3) is 0.476. The molecule has 29 heavy (non-hydrogen) atoms. The van der Waals surface area contributed by atoms with E-state index in [9.17, 15) is 21.6 Å². The van der Waals surface area contributed by atoms with Crippen LogP contribution in [-0.2, 0) is 20.8 Å². The third kappa shape index (κ3) is 4.48. The van der Waals surface area contributed by atoms with Gasteiger partial charge in [0, 0.05) is 6.20 Å². The van der Waals surface area contributed by atoms with Crippen LogP contribution in [0.4, 0.5) is 13.2 Å². The summed E-state index contributed by atoms with van der Waals surface area (Å²) < 4.78 is 69.6. The van der Waals surface area contributed by atoms with Gasteiger partial charge in [-0.3, -0.25) is 4.98 Å². The highest BCUT2D eigenvalue weighted by atomic mass is 32.2. The lowest BCUT2D eigenvalue weighted by Gasteiger charge is -2.23. The van der Waals surface area contributed by atoms with Gasteiger partial charge < -0.3 is 4.74 Å². The van der Waals surface area contributed by atoms with Gasteiger partial charge in [-0.2, -0.15) is 13.2 Å². The van der Waals surface area contributed by atoms with E-state index in [1.54, 1.807) is 24.3 Å². The molecule has 1 aromatic carbocycles. The van der Waals surface area contributed by atoms with Gasteiger partial charge >= 0.3 is 6.18 Å². The molecule has 2 aliphatic carbocycles. The van der Waals surface area contributed by atoms with Gasteiger partial charge in [-0.05, 0) is 55.5 Å². The van der Waals surface area contributed by atoms with Gasteiger partial charge in [0.15, 0.2) is 9.84 Å². The number of hydrogen-bond donors (Lipinski definition) is 0. The lowest BCUT2D eigenvalue weighted by molar-refractivity contribution is -0.137. The van der Waals surface area contributed by atoms with Crippen molar-refractivity contribution in [3.8, 4) is 0 Å². The van der Waals surface area contributed by atoms with Gasteiger partial charge in [0.1, 0.15) is 6.10 Å². The second kappa shape index (κ2) is 7.72. The monoisotopic (exact) mass is 425 g/mol. The molecule has 2 aliphatic rings. The fourth-order valence-electron chi connectivity index (χ4n) is 3.67. The summed E-state index contributed by atoms with van der Waals surface area (Å²) in [7, 11) is -3.30. The first-order chi connectivity index (χ1) is 13.7. The van der Waals surface area contributed by atoms with E-state index in [1.165, 1.54) is 6.07 Å². The van der Waals surface area contributed by atoms with Gasteiger partial charge in [-0.25, -0.2) is 8.42 Å². The van der Waals surface area contributed by atoms with Crippen LogP contribution in [0.3, 0.4) is 0 Å². The average molecular weight is 425 g/mol. The smallest absolute Gasteiger partial charge is 0.364 e. The van der Waals surface area contributed by atoms with E-state index in [0.29, 0.717) is 24.1 Å². The van der Waals surface area contributed by atoms with Crippen LogP contribution in [-0.4, -0.2) is 24.8 Å². The summed E-state index contributed by atoms with van der Waals surface area (Å²) >= 11 is 0. The van der Waals surface area contributed by atoms with E-state index >= 15 is 0 Å². The number of ether oxygens (including phenoxy) is 1. The predicted octanol–water partition coefficient (Wildman–Crippen LogP) is 5.09. The number of rotatable bonds is 6. The Bertz CT molecular complexity index is 946. The largest absolute Gasteiger partial charge is 0.417 e. The van der Waals surface area contributed by atoms with Gasteiger partial charge in [0.25, 0.3) is 0 Å². The van der Waals surface area contributed by atoms with Crippen LogP contribution in [0.25, 0.3) is 0 Å². The molecule has 1 unspecified atom stereocenters. The van der Waals surface area contributed by atoms with Crippen LogP contribution in [0.2, 0.25) is 0 Å². The Morgan fingerprint density at radius 2 is 1.62 bits per heavy atom. The highest BCUT2D eigenvalue weighted by molar-refractivity contribution is 7.92. The Kier molecular flexibility index (Phi) is 5.42. The SMILES string of the molecule is O=S(=O)(c1ccc(C(OC2CCCC2)c2ccc(C(F)(F)F)cn2)cc1)C1CC1. The minimum atomic E-state index is -4.45. The maximum atomic E-state index is 12.9. The Hall–Kier alpha value is -1.93. The zero-order valence-corrected chi connectivity index (χ0v) is 16.5. The number of aromatic nitrogens is 1. The highest BCUT2D eigenvalue weighted by Crippen LogP contribution is 2.36. The van der Waals surface area contributed by atoms with Crippen molar-refractivity contribution < 1.29 is 26.3 Å². The third-order valence-electron chi connectivity index (χ3n) is 5.49. The van der Waals surface area contributed by atoms with Crippen molar-refractivity contribution in [3.05, 3.63) is 59.4 Å². The number of alkyl halides is 3. The molecule has 0 spiro atoms. The third-order valence-corrected chi connectivity index (χ3v) is 7.77. The summed E-state index contributed by atoms with van der Waals surface area (Å²) in [5.74, 6) is 0. The molecular weight excluding hydrogens is 403 g/mol. The molecule has 156 valence electrons. The van der Waals surface area contributed by atoms with Crippen LogP contribution in [0, 0.1) is 0 Å². The Labute approximate surface area is 168 Å². The first-order valence-electron chi connectivity index (χ1n) is 9.77. The maximum Gasteiger partial charge on any atom is 0.417 e. The quantitative estimate of drug-likeness (QED) is 0.647. The molecule has 2 fully saturated rings. The molecule has 1 heterocycles. The van der Waals surface area contributed by atoms with Crippen molar-refractivity contribution in [1.82, 2.24) is 4.98 Å². The molecule has 8 heteroatoms. The summed E-state index contributed by atoms with van der Waals surface area (Å²) in [6, 6.07) is 8.79. The molecule has 4 rings (SSSR count). The minimum Gasteiger partial charge on any atom is -0.364 e. The van der Waals surface area contributed by atoms with Crippen LogP contribution >= 0.6 is 0 Å². The summed E-state index contributed by atoms with van der Waals surface area (Å²) in [6.45, 7) is 0. The van der Waals surface area contributed by atoms with Crippen molar-refractivity contribution in [2.45, 2.75) is 67.1 Å². The molecule has 1 atom stereocenters. The molecule has 0 aliphatic heterocycles. The lowest BCUT2D eigenvalue weighted by atomic mass is 10.0. The van der Waals surface area contributed by atoms with E-state index in [0.717, 1.165) is 37.9 Å². The van der Waals surface area contributed by atoms with Gasteiger partial charge in [0.2, 0.25) is 0 Å². The van der Waals surface area contributed by atoms with E-state index in [4.69, 9.17) is 4.74 Å². The summed E-state index contributed by atoms with van der Waals surface area (Å²) in [4.78, 5) is 4.28. The van der Waals surface area contributed by atoms with Crippen molar-refractivity contribution >= 4 is 9.84 Å². The molecular formula is C21H22F3NO3S. The van der Waals surface area contributed by atoms with E-state index in [-0.39, 0.29) is 16.2 Å². The summed E-state index contributed by atoms with van der Waals surface area (Å²) in [6.07, 6.45) is 0.999. The first-order valence-corrected chi connectivity index (χ1v) is 11.3. The second-order valence-corrected chi connectivity index (χ2v) is 9.93. The van der Waals surface area contributed by atoms with E-state index < -0.39 is 27.7 Å². The molecule has 2 saturated carbocycles. The van der Waals surface area contributed by atoms with E-state index in [2.05, 4.69) is 4.98 Å². The standard InChI is InChI=1S/C21H22F3NO3S/c22-21(23,24)15-7-12-19(25-13-15)20(28-16-3-1-2-4-16)14-5-8-17(9-6-14)29(26,27)18-10-11-18/h5-9,12-13,16,18,20H,1-4,10-11H2. The minimum absolute atomic E-state index is 0.0129. The molecule has 1 aromatic heterocycles. The molecule has 0 amide bonds. The van der Waals surface area contributed by atoms with Crippen molar-refractivity contribution in [2.24, 2.45) is 0 Å². The number of sulfone groups is 1. The molecule has 4 nitrogen and oxygen atoms in total. The van der Waals surface area contributed by atoms with Crippen LogP contribution in [0.1, 0.15) is 61.4 Å². The summed E-state index contributed by atoms with van der Waals surface area (Å²) in [5.41, 5.74) is 0.244. The Morgan fingerprint density at radius 3 is 2.14 bits per heavy atom. The molecule has 0 N–H and O–H groups in total. The molecule has 0 bridgehead atoms. The second-order valence-electron chi connectivity index (χ2n) is 7.71. The Morgan fingerprint density at radius 1 is 0.966 bits per heavy atom. The average Bonchev–Trinajstić information content (AvgIpc) is 3.44. The zero-order valence-electron chi connectivity index (χ0n) is 15.7. The topological polar surface area (TPSA) is 56.3 Å². The number of nitrogens with zero attached hydrogens (tertiary/aromatic N) is 1. The van der Waals surface area contributed by atoms with Crippen molar-refractivity contribution in [3.63, 3.8) is 0 Å². The van der Waals surface area contributed by atoms with Gasteiger partial charge in [-0.15, -0.1) is 0 Å².